The quantitative estimate of drug-likeness (QED) is 0.197. The lowest BCUT2D eigenvalue weighted by Gasteiger charge is -2.33. The predicted octanol–water partition coefficient (Wildman–Crippen LogP) is 2.47. The van der Waals surface area contributed by atoms with E-state index in [1.54, 1.807) is 31.5 Å². The summed E-state index contributed by atoms with van der Waals surface area (Å²) in [4.78, 5) is 40.4. The second kappa shape index (κ2) is 16.1. The first kappa shape index (κ1) is 30.4. The Morgan fingerprint density at radius 3 is 2.74 bits per heavy atom. The summed E-state index contributed by atoms with van der Waals surface area (Å²) >= 11 is 1.13. The fraction of sp³-hybridized carbons (Fsp3) is 0.444. The van der Waals surface area contributed by atoms with Crippen LogP contribution in [0.25, 0.3) is 0 Å². The molecule has 10 nitrogen and oxygen atoms in total. The van der Waals surface area contributed by atoms with Gasteiger partial charge in [0.2, 0.25) is 11.8 Å². The summed E-state index contributed by atoms with van der Waals surface area (Å²) < 4.78 is 0. The normalized spacial score (nSPS) is 16.2. The van der Waals surface area contributed by atoms with Crippen LogP contribution in [0.1, 0.15) is 38.2 Å². The Balaban J connectivity index is 1.97. The topological polar surface area (TPSA) is 155 Å². The molecule has 202 valence electrons. The zero-order valence-corrected chi connectivity index (χ0v) is 22.7. The predicted molar refractivity (Wildman–Crippen MR) is 148 cm³/mol. The first-order valence-corrected chi connectivity index (χ1v) is 13.8. The minimum atomic E-state index is -0.688. The van der Waals surface area contributed by atoms with E-state index in [0.717, 1.165) is 61.8 Å². The van der Waals surface area contributed by atoms with E-state index in [0.29, 0.717) is 0 Å². The van der Waals surface area contributed by atoms with Gasteiger partial charge in [0.25, 0.3) is 5.91 Å². The molecular formula is C27H35N7O3S. The van der Waals surface area contributed by atoms with Crippen molar-refractivity contribution < 1.29 is 14.4 Å². The Labute approximate surface area is 228 Å². The van der Waals surface area contributed by atoms with Gasteiger partial charge in [0.15, 0.2) is 0 Å². The van der Waals surface area contributed by atoms with Crippen molar-refractivity contribution in [2.45, 2.75) is 45.1 Å². The third-order valence-electron chi connectivity index (χ3n) is 6.15. The van der Waals surface area contributed by atoms with Gasteiger partial charge in [-0.2, -0.15) is 10.5 Å². The minimum Gasteiger partial charge on any atom is -0.368 e. The van der Waals surface area contributed by atoms with Crippen LogP contribution in [0.3, 0.4) is 0 Å². The number of likely N-dealkylation sites (tertiary alicyclic amines) is 1. The van der Waals surface area contributed by atoms with Gasteiger partial charge in [0, 0.05) is 25.2 Å². The molecule has 11 heteroatoms. The third kappa shape index (κ3) is 8.94. The summed E-state index contributed by atoms with van der Waals surface area (Å²) in [6.45, 7) is 3.46. The maximum absolute atomic E-state index is 12.9. The smallest absolute Gasteiger partial charge is 0.265 e. The molecule has 1 aliphatic rings. The molecule has 2 rings (SSSR count). The molecule has 1 aromatic rings. The highest BCUT2D eigenvalue weighted by atomic mass is 32.2. The standard InChI is InChI=1S/C27H35N7O3S/c1-3-34(27(38-2)22(19-29)26(37)32-15-13-28)24(35)11-7-14-31-21-9-6-8-20(18-21)12-17-33-16-5-4-10-23(33)25(30)36/h6-9,14,18,23,31H,3-5,10-12,15-17H2,1-2H3,(H2,30,36)(H,32,37)/b14-7-,27-22-. The van der Waals surface area contributed by atoms with Gasteiger partial charge in [0.05, 0.1) is 12.1 Å². The minimum absolute atomic E-state index is 0.0621. The van der Waals surface area contributed by atoms with Crippen molar-refractivity contribution >= 4 is 35.2 Å². The number of rotatable bonds is 13. The number of amides is 3. The van der Waals surface area contributed by atoms with Crippen LogP contribution in [0, 0.1) is 22.7 Å². The van der Waals surface area contributed by atoms with Crippen molar-refractivity contribution in [1.82, 2.24) is 15.1 Å². The van der Waals surface area contributed by atoms with E-state index in [-0.39, 0.29) is 48.0 Å². The molecule has 1 fully saturated rings. The number of hydrogen-bond donors (Lipinski definition) is 3. The molecule has 0 aromatic heterocycles. The second-order valence-corrected chi connectivity index (χ2v) is 9.42. The van der Waals surface area contributed by atoms with Gasteiger partial charge in [-0.3, -0.25) is 19.3 Å². The largest absolute Gasteiger partial charge is 0.368 e. The van der Waals surface area contributed by atoms with Crippen molar-refractivity contribution in [1.29, 1.82) is 10.5 Å². The Hall–Kier alpha value is -3.80. The van der Waals surface area contributed by atoms with Crippen LogP contribution in [-0.4, -0.2) is 66.0 Å². The molecule has 0 spiro atoms. The number of benzene rings is 1. The number of anilines is 1. The average Bonchev–Trinajstić information content (AvgIpc) is 2.93. The molecule has 1 saturated heterocycles. The number of carbonyl (C=O) groups excluding carboxylic acids is 3. The van der Waals surface area contributed by atoms with Gasteiger partial charge in [0.1, 0.15) is 23.2 Å². The van der Waals surface area contributed by atoms with E-state index < -0.39 is 5.91 Å². The second-order valence-electron chi connectivity index (χ2n) is 8.63. The van der Waals surface area contributed by atoms with Crippen LogP contribution in [0.15, 0.2) is 47.1 Å². The lowest BCUT2D eigenvalue weighted by atomic mass is 10.0. The van der Waals surface area contributed by atoms with Crippen LogP contribution in [-0.2, 0) is 20.8 Å². The zero-order valence-electron chi connectivity index (χ0n) is 21.9. The molecule has 0 radical (unpaired) electrons. The number of piperidine rings is 1. The summed E-state index contributed by atoms with van der Waals surface area (Å²) in [7, 11) is 0. The summed E-state index contributed by atoms with van der Waals surface area (Å²) in [5, 5.41) is 23.9. The highest BCUT2D eigenvalue weighted by molar-refractivity contribution is 8.02. The first-order chi connectivity index (χ1) is 18.4. The van der Waals surface area contributed by atoms with E-state index in [1.807, 2.05) is 30.3 Å². The van der Waals surface area contributed by atoms with E-state index in [9.17, 15) is 19.6 Å². The number of nitriles is 2. The molecule has 1 unspecified atom stereocenters. The molecule has 1 aliphatic heterocycles. The number of hydrogen-bond acceptors (Lipinski definition) is 8. The molecule has 0 aliphatic carbocycles. The van der Waals surface area contributed by atoms with Crippen molar-refractivity contribution in [3.63, 3.8) is 0 Å². The van der Waals surface area contributed by atoms with E-state index in [2.05, 4.69) is 15.5 Å². The molecule has 4 N–H and O–H groups in total. The number of nitrogens with zero attached hydrogens (tertiary/aromatic N) is 4. The van der Waals surface area contributed by atoms with Crippen molar-refractivity contribution in [3.05, 3.63) is 52.7 Å². The van der Waals surface area contributed by atoms with Crippen LogP contribution in [0.4, 0.5) is 5.69 Å². The van der Waals surface area contributed by atoms with E-state index >= 15 is 0 Å². The average molecular weight is 538 g/mol. The van der Waals surface area contributed by atoms with E-state index in [1.165, 1.54) is 4.90 Å². The highest BCUT2D eigenvalue weighted by Crippen LogP contribution is 2.23. The molecule has 0 bridgehead atoms. The Bertz CT molecular complexity index is 1140. The Morgan fingerprint density at radius 2 is 2.08 bits per heavy atom. The fourth-order valence-corrected chi connectivity index (χ4v) is 5.07. The van der Waals surface area contributed by atoms with Gasteiger partial charge in [-0.15, -0.1) is 11.8 Å². The number of thioether (sulfide) groups is 1. The van der Waals surface area contributed by atoms with Gasteiger partial charge in [-0.1, -0.05) is 24.6 Å². The summed E-state index contributed by atoms with van der Waals surface area (Å²) in [5.41, 5.74) is 7.37. The van der Waals surface area contributed by atoms with Gasteiger partial charge < -0.3 is 21.3 Å². The third-order valence-corrected chi connectivity index (χ3v) is 6.96. The molecular weight excluding hydrogens is 502 g/mol. The monoisotopic (exact) mass is 537 g/mol. The molecule has 1 atom stereocenters. The lowest BCUT2D eigenvalue weighted by Crippen LogP contribution is -2.48. The van der Waals surface area contributed by atoms with Crippen LogP contribution in [0.2, 0.25) is 0 Å². The lowest BCUT2D eigenvalue weighted by molar-refractivity contribution is -0.128. The Kier molecular flexibility index (Phi) is 12.9. The highest BCUT2D eigenvalue weighted by Gasteiger charge is 2.26. The maximum atomic E-state index is 12.9. The fourth-order valence-electron chi connectivity index (χ4n) is 4.28. The van der Waals surface area contributed by atoms with Gasteiger partial charge in [-0.25, -0.2) is 0 Å². The molecule has 0 saturated carbocycles. The maximum Gasteiger partial charge on any atom is 0.265 e. The molecule has 1 aromatic carbocycles. The number of carbonyl (C=O) groups is 3. The molecule has 38 heavy (non-hydrogen) atoms. The van der Waals surface area contributed by atoms with Crippen LogP contribution in [0.5, 0.6) is 0 Å². The SMILES string of the molecule is CCN(C(=O)C/C=C\Nc1cccc(CCN2CCCCC2C(N)=O)c1)/C(SC)=C(\C#N)C(=O)NCC#N. The van der Waals surface area contributed by atoms with Crippen LogP contribution < -0.4 is 16.4 Å². The molecule has 1 heterocycles. The Morgan fingerprint density at radius 1 is 1.29 bits per heavy atom. The molecule has 3 amide bonds. The van der Waals surface area contributed by atoms with Crippen molar-refractivity contribution in [3.8, 4) is 12.1 Å². The summed E-state index contributed by atoms with van der Waals surface area (Å²) in [5.74, 6) is -1.21. The number of nitrogens with one attached hydrogen (secondary N) is 2. The van der Waals surface area contributed by atoms with E-state index in [4.69, 9.17) is 11.0 Å². The van der Waals surface area contributed by atoms with Crippen molar-refractivity contribution in [2.24, 2.45) is 5.73 Å². The summed E-state index contributed by atoms with van der Waals surface area (Å²) in [6.07, 6.45) is 8.83. The number of nitrogens with two attached hydrogens (primary N) is 1. The van der Waals surface area contributed by atoms with Gasteiger partial charge >= 0.3 is 0 Å². The zero-order chi connectivity index (χ0) is 27.9. The van der Waals surface area contributed by atoms with Gasteiger partial charge in [-0.05, 0) is 62.9 Å². The number of primary amides is 1. The summed E-state index contributed by atoms with van der Waals surface area (Å²) in [6, 6.07) is 11.4. The van der Waals surface area contributed by atoms with Crippen LogP contribution >= 0.6 is 11.8 Å². The van der Waals surface area contributed by atoms with Crippen molar-refractivity contribution in [2.75, 3.05) is 37.8 Å². The first-order valence-electron chi connectivity index (χ1n) is 12.5.